The number of pyridine rings is 1. The highest BCUT2D eigenvalue weighted by molar-refractivity contribution is 6.12. The van der Waals surface area contributed by atoms with Crippen LogP contribution in [0, 0.1) is 11.6 Å². The van der Waals surface area contributed by atoms with Gasteiger partial charge in [-0.05, 0) is 43.2 Å². The highest BCUT2D eigenvalue weighted by atomic mass is 19.1. The summed E-state index contributed by atoms with van der Waals surface area (Å²) < 4.78 is 35.9. The molecule has 142 valence electrons. The summed E-state index contributed by atoms with van der Waals surface area (Å²) >= 11 is 0. The van der Waals surface area contributed by atoms with E-state index in [1.165, 1.54) is 37.4 Å². The number of ether oxygens (including phenoxy) is 1. The Bertz CT molecular complexity index is 1260. The summed E-state index contributed by atoms with van der Waals surface area (Å²) in [5.41, 5.74) is 7.79. The third kappa shape index (κ3) is 2.32. The molecule has 0 amide bonds. The number of fused-ring (bicyclic) bond motifs is 2. The van der Waals surface area contributed by atoms with Crippen molar-refractivity contribution in [3.8, 4) is 22.8 Å². The maximum Gasteiger partial charge on any atom is 0.203 e. The van der Waals surface area contributed by atoms with Crippen molar-refractivity contribution in [3.05, 3.63) is 48.2 Å². The summed E-state index contributed by atoms with van der Waals surface area (Å²) in [6, 6.07) is 6.93. The van der Waals surface area contributed by atoms with Crippen LogP contribution in [0.3, 0.4) is 0 Å². The monoisotopic (exact) mass is 381 g/mol. The van der Waals surface area contributed by atoms with Crippen molar-refractivity contribution >= 4 is 27.5 Å². The Morgan fingerprint density at radius 1 is 1.21 bits per heavy atom. The molecule has 1 saturated carbocycles. The number of nitrogens with two attached hydrogens (primary N) is 1. The zero-order chi connectivity index (χ0) is 19.6. The second-order valence-corrected chi connectivity index (χ2v) is 7.04. The molecule has 1 fully saturated rings. The molecular weight excluding hydrogens is 364 g/mol. The quantitative estimate of drug-likeness (QED) is 0.536. The van der Waals surface area contributed by atoms with E-state index < -0.39 is 11.6 Å². The molecule has 4 aromatic rings. The largest absolute Gasteiger partial charge is 0.496 e. The fourth-order valence-electron chi connectivity index (χ4n) is 3.76. The minimum atomic E-state index is -0.562. The summed E-state index contributed by atoms with van der Waals surface area (Å²) in [5, 5.41) is 11.5. The maximum atomic E-state index is 14.9. The molecule has 7 heteroatoms. The first-order valence-electron chi connectivity index (χ1n) is 8.94. The van der Waals surface area contributed by atoms with Gasteiger partial charge in [-0.25, -0.2) is 13.8 Å². The first-order valence-corrected chi connectivity index (χ1v) is 8.94. The predicted molar refractivity (Wildman–Crippen MR) is 103 cm³/mol. The van der Waals surface area contributed by atoms with E-state index in [0.717, 1.165) is 12.8 Å². The predicted octanol–water partition coefficient (Wildman–Crippen LogP) is 4.77. The zero-order valence-electron chi connectivity index (χ0n) is 15.0. The van der Waals surface area contributed by atoms with Gasteiger partial charge in [-0.2, -0.15) is 0 Å². The number of anilines is 1. The van der Waals surface area contributed by atoms with E-state index in [4.69, 9.17) is 10.5 Å². The molecule has 0 radical (unpaired) electrons. The van der Waals surface area contributed by atoms with Crippen molar-refractivity contribution in [3.63, 3.8) is 0 Å². The lowest BCUT2D eigenvalue weighted by molar-refractivity contribution is 0.415. The molecule has 0 unspecified atom stereocenters. The van der Waals surface area contributed by atoms with Gasteiger partial charge in [0.25, 0.3) is 0 Å². The Labute approximate surface area is 159 Å². The molecule has 2 aromatic heterocycles. The summed E-state index contributed by atoms with van der Waals surface area (Å²) in [6.45, 7) is 0. The normalized spacial score (nSPS) is 14.1. The van der Waals surface area contributed by atoms with E-state index in [1.807, 2.05) is 0 Å². The topological polar surface area (TPSA) is 73.3 Å². The third-order valence-corrected chi connectivity index (χ3v) is 5.28. The maximum absolute atomic E-state index is 14.9. The molecular formula is C21H17F2N3O2. The lowest BCUT2D eigenvalue weighted by Crippen LogP contribution is -1.97. The molecule has 0 saturated heterocycles. The molecule has 0 bridgehead atoms. The van der Waals surface area contributed by atoms with Gasteiger partial charge in [0.05, 0.1) is 29.2 Å². The fraction of sp³-hybridized carbons (Fsp3) is 0.190. The van der Waals surface area contributed by atoms with Crippen LogP contribution in [-0.4, -0.2) is 21.8 Å². The molecule has 0 aliphatic heterocycles. The van der Waals surface area contributed by atoms with Gasteiger partial charge in [-0.15, -0.1) is 0 Å². The fourth-order valence-corrected chi connectivity index (χ4v) is 3.76. The number of nitrogens with zero attached hydrogens (tertiary/aromatic N) is 2. The Morgan fingerprint density at radius 3 is 2.71 bits per heavy atom. The van der Waals surface area contributed by atoms with Crippen molar-refractivity contribution in [2.75, 3.05) is 12.8 Å². The Kier molecular flexibility index (Phi) is 3.49. The molecule has 5 rings (SSSR count). The number of hydrogen-bond acceptors (Lipinski definition) is 4. The van der Waals surface area contributed by atoms with Crippen LogP contribution in [0.2, 0.25) is 0 Å². The van der Waals surface area contributed by atoms with Crippen LogP contribution in [0.4, 0.5) is 14.5 Å². The smallest absolute Gasteiger partial charge is 0.203 e. The third-order valence-electron chi connectivity index (χ3n) is 5.28. The molecule has 28 heavy (non-hydrogen) atoms. The van der Waals surface area contributed by atoms with Crippen LogP contribution >= 0.6 is 0 Å². The summed E-state index contributed by atoms with van der Waals surface area (Å²) in [6.07, 6.45) is 3.69. The number of halogens is 2. The van der Waals surface area contributed by atoms with E-state index in [0.29, 0.717) is 33.2 Å². The number of benzene rings is 2. The van der Waals surface area contributed by atoms with E-state index >= 15 is 0 Å². The number of methoxy groups -OCH3 is 1. The summed E-state index contributed by atoms with van der Waals surface area (Å²) in [7, 11) is 1.44. The van der Waals surface area contributed by atoms with Crippen LogP contribution in [0.5, 0.6) is 11.6 Å². The average Bonchev–Trinajstić information content (AvgIpc) is 3.45. The number of rotatable bonds is 3. The molecule has 0 spiro atoms. The second kappa shape index (κ2) is 5.82. The number of aromatic nitrogens is 2. The van der Waals surface area contributed by atoms with Crippen molar-refractivity contribution in [2.24, 2.45) is 0 Å². The average molecular weight is 381 g/mol. The van der Waals surface area contributed by atoms with E-state index in [-0.39, 0.29) is 23.0 Å². The van der Waals surface area contributed by atoms with Crippen molar-refractivity contribution < 1.29 is 18.6 Å². The Balaban J connectivity index is 1.89. The van der Waals surface area contributed by atoms with Gasteiger partial charge in [0.1, 0.15) is 17.4 Å². The molecule has 5 nitrogen and oxygen atoms in total. The zero-order valence-corrected chi connectivity index (χ0v) is 15.0. The summed E-state index contributed by atoms with van der Waals surface area (Å²) in [4.78, 5) is 4.59. The van der Waals surface area contributed by atoms with Crippen LogP contribution < -0.4 is 10.5 Å². The standard InChI is InChI=1S/C21H17F2N3O2/c1-28-16-7-2-10(22)8-13(16)17-14(23)6-5-12-19(24)18-15(25-20(12)17)9-26(21(18)27)11-3-4-11/h2,5-9,11,27H,3-4,24H2,1H3. The lowest BCUT2D eigenvalue weighted by atomic mass is 9.98. The second-order valence-electron chi connectivity index (χ2n) is 7.04. The number of hydrogen-bond donors (Lipinski definition) is 2. The first-order chi connectivity index (χ1) is 13.5. The minimum Gasteiger partial charge on any atom is -0.496 e. The highest BCUT2D eigenvalue weighted by Crippen LogP contribution is 2.45. The minimum absolute atomic E-state index is 0.0682. The highest BCUT2D eigenvalue weighted by Gasteiger charge is 2.28. The van der Waals surface area contributed by atoms with Gasteiger partial charge in [-0.3, -0.25) is 0 Å². The van der Waals surface area contributed by atoms with Crippen molar-refractivity contribution in [1.82, 2.24) is 9.55 Å². The van der Waals surface area contributed by atoms with Crippen molar-refractivity contribution in [2.45, 2.75) is 18.9 Å². The number of nitrogen functional groups attached to an aromatic ring is 1. The van der Waals surface area contributed by atoms with Crippen LogP contribution in [0.15, 0.2) is 36.5 Å². The van der Waals surface area contributed by atoms with Gasteiger partial charge in [0.2, 0.25) is 5.88 Å². The Morgan fingerprint density at radius 2 is 2.00 bits per heavy atom. The van der Waals surface area contributed by atoms with Gasteiger partial charge in [-0.1, -0.05) is 0 Å². The van der Waals surface area contributed by atoms with Crippen LogP contribution in [0.1, 0.15) is 18.9 Å². The summed E-state index contributed by atoms with van der Waals surface area (Å²) in [5.74, 6) is -0.683. The van der Waals surface area contributed by atoms with Gasteiger partial charge in [0.15, 0.2) is 0 Å². The number of aromatic hydroxyl groups is 1. The van der Waals surface area contributed by atoms with Crippen LogP contribution in [-0.2, 0) is 0 Å². The molecule has 1 aliphatic carbocycles. The van der Waals surface area contributed by atoms with Gasteiger partial charge < -0.3 is 20.1 Å². The first kappa shape index (κ1) is 16.8. The molecule has 2 heterocycles. The lowest BCUT2D eigenvalue weighted by Gasteiger charge is -2.13. The van der Waals surface area contributed by atoms with Crippen molar-refractivity contribution in [1.29, 1.82) is 0 Å². The molecule has 0 atom stereocenters. The molecule has 3 N–H and O–H groups in total. The van der Waals surface area contributed by atoms with E-state index in [1.54, 1.807) is 10.8 Å². The van der Waals surface area contributed by atoms with E-state index in [2.05, 4.69) is 4.98 Å². The Hall–Kier alpha value is -3.35. The molecule has 2 aromatic carbocycles. The SMILES string of the molecule is COc1ccc(F)cc1-c1c(F)ccc2c(N)c3c(O)n(C4CC4)cc3nc12. The van der Waals surface area contributed by atoms with Crippen LogP contribution in [0.25, 0.3) is 32.9 Å². The molecule has 1 aliphatic rings. The van der Waals surface area contributed by atoms with Gasteiger partial charge in [0, 0.05) is 28.8 Å². The van der Waals surface area contributed by atoms with E-state index in [9.17, 15) is 13.9 Å². The van der Waals surface area contributed by atoms with Gasteiger partial charge >= 0.3 is 0 Å².